The molecule has 6 heteroatoms. The van der Waals surface area contributed by atoms with Gasteiger partial charge in [0.15, 0.2) is 5.82 Å². The number of benzene rings is 1. The Morgan fingerprint density at radius 2 is 2.15 bits per heavy atom. The SMILES string of the molecule is COc1ccc(OCc2ncnn2CC(C)C)c(N)c1. The van der Waals surface area contributed by atoms with Crippen molar-refractivity contribution in [2.45, 2.75) is 27.0 Å². The van der Waals surface area contributed by atoms with Crippen molar-refractivity contribution in [3.63, 3.8) is 0 Å². The molecule has 1 aromatic carbocycles. The number of anilines is 1. The van der Waals surface area contributed by atoms with Gasteiger partial charge in [0.25, 0.3) is 0 Å². The van der Waals surface area contributed by atoms with E-state index in [-0.39, 0.29) is 0 Å². The molecule has 20 heavy (non-hydrogen) atoms. The van der Waals surface area contributed by atoms with Crippen molar-refractivity contribution in [2.24, 2.45) is 5.92 Å². The lowest BCUT2D eigenvalue weighted by atomic mass is 10.2. The standard InChI is InChI=1S/C14H20N4O2/c1-10(2)7-18-14(16-9-17-18)8-20-13-5-4-11(19-3)6-12(13)15/h4-6,9-10H,7-8,15H2,1-3H3. The van der Waals surface area contributed by atoms with Crippen LogP contribution in [0.4, 0.5) is 5.69 Å². The molecular weight excluding hydrogens is 256 g/mol. The van der Waals surface area contributed by atoms with Gasteiger partial charge in [0.2, 0.25) is 0 Å². The van der Waals surface area contributed by atoms with E-state index >= 15 is 0 Å². The van der Waals surface area contributed by atoms with Crippen molar-refractivity contribution >= 4 is 5.69 Å². The summed E-state index contributed by atoms with van der Waals surface area (Å²) in [5.41, 5.74) is 6.45. The quantitative estimate of drug-likeness (QED) is 0.818. The molecule has 1 heterocycles. The number of hydrogen-bond acceptors (Lipinski definition) is 5. The molecular formula is C14H20N4O2. The van der Waals surface area contributed by atoms with E-state index in [2.05, 4.69) is 23.9 Å². The van der Waals surface area contributed by atoms with Gasteiger partial charge in [0, 0.05) is 12.6 Å². The van der Waals surface area contributed by atoms with Crippen molar-refractivity contribution in [3.8, 4) is 11.5 Å². The Morgan fingerprint density at radius 3 is 2.80 bits per heavy atom. The van der Waals surface area contributed by atoms with Gasteiger partial charge < -0.3 is 15.2 Å². The first-order chi connectivity index (χ1) is 9.60. The second kappa shape index (κ2) is 6.27. The fourth-order valence-electron chi connectivity index (χ4n) is 1.83. The van der Waals surface area contributed by atoms with Crippen LogP contribution in [0, 0.1) is 5.92 Å². The molecule has 1 aromatic heterocycles. The lowest BCUT2D eigenvalue weighted by Gasteiger charge is -2.11. The first kappa shape index (κ1) is 14.2. The average molecular weight is 276 g/mol. The molecule has 2 N–H and O–H groups in total. The Labute approximate surface area is 118 Å². The van der Waals surface area contributed by atoms with E-state index < -0.39 is 0 Å². The molecule has 0 spiro atoms. The number of nitrogens with two attached hydrogens (primary N) is 1. The van der Waals surface area contributed by atoms with Gasteiger partial charge in [-0.05, 0) is 18.1 Å². The van der Waals surface area contributed by atoms with Crippen LogP contribution in [-0.2, 0) is 13.2 Å². The summed E-state index contributed by atoms with van der Waals surface area (Å²) in [6, 6.07) is 5.33. The summed E-state index contributed by atoms with van der Waals surface area (Å²) in [5, 5.41) is 4.19. The lowest BCUT2D eigenvalue weighted by molar-refractivity contribution is 0.283. The van der Waals surface area contributed by atoms with Crippen LogP contribution in [0.1, 0.15) is 19.7 Å². The van der Waals surface area contributed by atoms with Crippen LogP contribution in [0.15, 0.2) is 24.5 Å². The molecule has 108 valence electrons. The van der Waals surface area contributed by atoms with Crippen molar-refractivity contribution in [2.75, 3.05) is 12.8 Å². The van der Waals surface area contributed by atoms with Crippen molar-refractivity contribution < 1.29 is 9.47 Å². The molecule has 0 aliphatic carbocycles. The van der Waals surface area contributed by atoms with E-state index in [1.807, 2.05) is 10.7 Å². The Morgan fingerprint density at radius 1 is 1.35 bits per heavy atom. The zero-order valence-electron chi connectivity index (χ0n) is 12.0. The third kappa shape index (κ3) is 3.40. The molecule has 0 radical (unpaired) electrons. The Hall–Kier alpha value is -2.24. The largest absolute Gasteiger partial charge is 0.497 e. The average Bonchev–Trinajstić information content (AvgIpc) is 2.83. The summed E-state index contributed by atoms with van der Waals surface area (Å²) < 4.78 is 12.7. The van der Waals surface area contributed by atoms with Crippen LogP contribution in [-0.4, -0.2) is 21.9 Å². The van der Waals surface area contributed by atoms with Crippen LogP contribution >= 0.6 is 0 Å². The van der Waals surface area contributed by atoms with Gasteiger partial charge in [-0.25, -0.2) is 9.67 Å². The monoisotopic (exact) mass is 276 g/mol. The number of rotatable bonds is 6. The maximum absolute atomic E-state index is 5.91. The Bertz CT molecular complexity index is 566. The van der Waals surface area contributed by atoms with Gasteiger partial charge in [-0.15, -0.1) is 0 Å². The third-order valence-corrected chi connectivity index (χ3v) is 2.81. The predicted molar refractivity (Wildman–Crippen MR) is 76.6 cm³/mol. The van der Waals surface area contributed by atoms with Gasteiger partial charge in [-0.2, -0.15) is 5.10 Å². The number of nitrogen functional groups attached to an aromatic ring is 1. The number of hydrogen-bond donors (Lipinski definition) is 1. The van der Waals surface area contributed by atoms with Crippen LogP contribution in [0.5, 0.6) is 11.5 Å². The van der Waals surface area contributed by atoms with E-state index in [4.69, 9.17) is 15.2 Å². The molecule has 0 unspecified atom stereocenters. The second-order valence-corrected chi connectivity index (χ2v) is 4.94. The molecule has 0 saturated carbocycles. The number of methoxy groups -OCH3 is 1. The molecule has 0 saturated heterocycles. The van der Waals surface area contributed by atoms with E-state index in [1.54, 1.807) is 25.6 Å². The summed E-state index contributed by atoms with van der Waals surface area (Å²) in [5.74, 6) is 2.61. The third-order valence-electron chi connectivity index (χ3n) is 2.81. The van der Waals surface area contributed by atoms with Crippen LogP contribution in [0.3, 0.4) is 0 Å². The molecule has 2 rings (SSSR count). The minimum atomic E-state index is 0.337. The minimum absolute atomic E-state index is 0.337. The first-order valence-corrected chi connectivity index (χ1v) is 6.53. The maximum atomic E-state index is 5.91. The summed E-state index contributed by atoms with van der Waals surface area (Å²) in [6.45, 7) is 5.42. The van der Waals surface area contributed by atoms with Crippen molar-refractivity contribution in [1.29, 1.82) is 0 Å². The predicted octanol–water partition coefficient (Wildman–Crippen LogP) is 2.10. The summed E-state index contributed by atoms with van der Waals surface area (Å²) >= 11 is 0. The summed E-state index contributed by atoms with van der Waals surface area (Å²) in [7, 11) is 1.60. The highest BCUT2D eigenvalue weighted by molar-refractivity contribution is 5.56. The highest BCUT2D eigenvalue weighted by Gasteiger charge is 2.08. The number of aromatic nitrogens is 3. The first-order valence-electron chi connectivity index (χ1n) is 6.53. The fourth-order valence-corrected chi connectivity index (χ4v) is 1.83. The highest BCUT2D eigenvalue weighted by Crippen LogP contribution is 2.26. The Balaban J connectivity index is 2.03. The summed E-state index contributed by atoms with van der Waals surface area (Å²) in [6.07, 6.45) is 1.54. The van der Waals surface area contributed by atoms with E-state index in [1.165, 1.54) is 0 Å². The molecule has 2 aromatic rings. The zero-order chi connectivity index (χ0) is 14.5. The smallest absolute Gasteiger partial charge is 0.164 e. The molecule has 0 aliphatic rings. The van der Waals surface area contributed by atoms with Crippen LogP contribution < -0.4 is 15.2 Å². The minimum Gasteiger partial charge on any atom is -0.497 e. The van der Waals surface area contributed by atoms with Gasteiger partial charge >= 0.3 is 0 Å². The normalized spacial score (nSPS) is 10.8. The number of ether oxygens (including phenoxy) is 2. The molecule has 0 fully saturated rings. The van der Waals surface area contributed by atoms with Gasteiger partial charge in [0.05, 0.1) is 12.8 Å². The zero-order valence-corrected chi connectivity index (χ0v) is 12.0. The van der Waals surface area contributed by atoms with Crippen LogP contribution in [0.25, 0.3) is 0 Å². The molecule has 0 amide bonds. The molecule has 0 atom stereocenters. The molecule has 0 bridgehead atoms. The van der Waals surface area contributed by atoms with Gasteiger partial charge in [-0.3, -0.25) is 0 Å². The summed E-state index contributed by atoms with van der Waals surface area (Å²) in [4.78, 5) is 4.21. The lowest BCUT2D eigenvalue weighted by Crippen LogP contribution is -2.12. The fraction of sp³-hybridized carbons (Fsp3) is 0.429. The van der Waals surface area contributed by atoms with E-state index in [0.717, 1.165) is 12.4 Å². The topological polar surface area (TPSA) is 75.2 Å². The Kier molecular flexibility index (Phi) is 4.45. The second-order valence-electron chi connectivity index (χ2n) is 4.94. The van der Waals surface area contributed by atoms with Crippen molar-refractivity contribution in [1.82, 2.24) is 14.8 Å². The van der Waals surface area contributed by atoms with E-state index in [0.29, 0.717) is 29.7 Å². The molecule has 6 nitrogen and oxygen atoms in total. The van der Waals surface area contributed by atoms with Gasteiger partial charge in [0.1, 0.15) is 24.4 Å². The molecule has 0 aliphatic heterocycles. The van der Waals surface area contributed by atoms with E-state index in [9.17, 15) is 0 Å². The maximum Gasteiger partial charge on any atom is 0.164 e. The van der Waals surface area contributed by atoms with Crippen molar-refractivity contribution in [3.05, 3.63) is 30.4 Å². The number of nitrogens with zero attached hydrogens (tertiary/aromatic N) is 3. The highest BCUT2D eigenvalue weighted by atomic mass is 16.5. The van der Waals surface area contributed by atoms with Crippen LogP contribution in [0.2, 0.25) is 0 Å². The van der Waals surface area contributed by atoms with Gasteiger partial charge in [-0.1, -0.05) is 13.8 Å².